The molecule has 26 heavy (non-hydrogen) atoms. The van der Waals surface area contributed by atoms with Gasteiger partial charge in [0.2, 0.25) is 0 Å². The Balaban J connectivity index is 6.39. The lowest BCUT2D eigenvalue weighted by Crippen LogP contribution is -2.71. The molecule has 0 heterocycles. The van der Waals surface area contributed by atoms with Crippen molar-refractivity contribution in [3.63, 3.8) is 0 Å². The number of hydrogen-bond donors (Lipinski definition) is 1. The Morgan fingerprint density at radius 1 is 0.769 bits per heavy atom. The highest BCUT2D eigenvalue weighted by Gasteiger charge is 2.59. The molecule has 0 aliphatic heterocycles. The molecule has 0 aliphatic rings. The van der Waals surface area contributed by atoms with Crippen LogP contribution in [0.3, 0.4) is 0 Å². The summed E-state index contributed by atoms with van der Waals surface area (Å²) >= 11 is 0. The summed E-state index contributed by atoms with van der Waals surface area (Å²) < 4.78 is 34.0. The lowest BCUT2D eigenvalue weighted by atomic mass is 10.2. The Labute approximate surface area is 159 Å². The maximum absolute atomic E-state index is 12.6. The van der Waals surface area contributed by atoms with Gasteiger partial charge >= 0.3 is 23.6 Å². The largest absolute Gasteiger partial charge is 0.524 e. The van der Waals surface area contributed by atoms with Crippen LogP contribution in [0.25, 0.3) is 0 Å². The summed E-state index contributed by atoms with van der Waals surface area (Å²) in [4.78, 5) is 14.1. The molecule has 0 rings (SSSR count). The van der Waals surface area contributed by atoms with E-state index in [9.17, 15) is 4.79 Å². The maximum atomic E-state index is 12.6. The fourth-order valence-corrected chi connectivity index (χ4v) is 8.72. The van der Waals surface area contributed by atoms with Gasteiger partial charge in [-0.1, -0.05) is 26.7 Å². The second kappa shape index (κ2) is 12.0. The van der Waals surface area contributed by atoms with Crippen LogP contribution in [0.15, 0.2) is 0 Å². The normalized spacial score (nSPS) is 14.9. The zero-order valence-electron chi connectivity index (χ0n) is 17.4. The summed E-state index contributed by atoms with van der Waals surface area (Å²) in [5.74, 6) is 0. The zero-order chi connectivity index (χ0) is 20.4. The Kier molecular flexibility index (Phi) is 11.8. The van der Waals surface area contributed by atoms with Gasteiger partial charge in [0.15, 0.2) is 0 Å². The van der Waals surface area contributed by atoms with E-state index in [2.05, 4.69) is 0 Å². The van der Waals surface area contributed by atoms with Gasteiger partial charge in [-0.3, -0.25) is 0 Å². The van der Waals surface area contributed by atoms with Crippen LogP contribution in [-0.4, -0.2) is 82.5 Å². The van der Waals surface area contributed by atoms with Gasteiger partial charge in [-0.25, -0.2) is 4.79 Å². The number of nitrogens with zero attached hydrogens (tertiary/aromatic N) is 1. The van der Waals surface area contributed by atoms with Gasteiger partial charge in [-0.2, -0.15) is 0 Å². The lowest BCUT2D eigenvalue weighted by molar-refractivity contribution is 0.0469. The summed E-state index contributed by atoms with van der Waals surface area (Å²) in [6, 6.07) is -0.618. The first-order valence-electron chi connectivity index (χ1n) is 8.72. The van der Waals surface area contributed by atoms with Gasteiger partial charge in [-0.15, -0.1) is 0 Å². The standard InChI is InChI=1S/C15H36N2O7Si2/c1-9-11-13(25(19-3,20-4)21-5)17(15(16)18)14(12-10-2)26(22-6,23-7)24-8/h13-14H,9-12H2,1-8H3,(H2,16,18). The highest BCUT2D eigenvalue weighted by molar-refractivity contribution is 6.64. The van der Waals surface area contributed by atoms with Crippen molar-refractivity contribution in [1.82, 2.24) is 4.90 Å². The minimum atomic E-state index is -3.22. The second-order valence-corrected chi connectivity index (χ2v) is 12.0. The molecular weight excluding hydrogens is 376 g/mol. The average molecular weight is 413 g/mol. The molecule has 0 aromatic carbocycles. The molecule has 0 aromatic heterocycles. The number of urea groups is 1. The molecule has 156 valence electrons. The van der Waals surface area contributed by atoms with Crippen LogP contribution in [0.5, 0.6) is 0 Å². The maximum Gasteiger partial charge on any atom is 0.524 e. The predicted octanol–water partition coefficient (Wildman–Crippen LogP) is 1.54. The molecular formula is C15H36N2O7Si2. The van der Waals surface area contributed by atoms with Crippen molar-refractivity contribution >= 4 is 23.6 Å². The van der Waals surface area contributed by atoms with E-state index in [0.717, 1.165) is 12.8 Å². The van der Waals surface area contributed by atoms with E-state index in [1.165, 1.54) is 42.7 Å². The Morgan fingerprint density at radius 2 is 1.04 bits per heavy atom. The molecule has 9 nitrogen and oxygen atoms in total. The number of rotatable bonds is 14. The number of amides is 2. The monoisotopic (exact) mass is 412 g/mol. The Hall–Kier alpha value is -0.536. The van der Waals surface area contributed by atoms with Gasteiger partial charge in [0, 0.05) is 42.7 Å². The van der Waals surface area contributed by atoms with Crippen LogP contribution in [0.2, 0.25) is 0 Å². The Morgan fingerprint density at radius 3 is 1.19 bits per heavy atom. The first-order chi connectivity index (χ1) is 12.3. The van der Waals surface area contributed by atoms with Crippen LogP contribution in [0.1, 0.15) is 39.5 Å². The molecule has 0 radical (unpaired) electrons. The lowest BCUT2D eigenvalue weighted by Gasteiger charge is -2.46. The van der Waals surface area contributed by atoms with Gasteiger partial charge in [-0.05, 0) is 12.8 Å². The summed E-state index contributed by atoms with van der Waals surface area (Å²) in [6.45, 7) is 4.02. The fraction of sp³-hybridized carbons (Fsp3) is 0.933. The fourth-order valence-electron chi connectivity index (χ4n) is 3.36. The van der Waals surface area contributed by atoms with Crippen LogP contribution >= 0.6 is 0 Å². The molecule has 0 saturated carbocycles. The van der Waals surface area contributed by atoms with Gasteiger partial charge in [0.05, 0.1) is 0 Å². The van der Waals surface area contributed by atoms with Crippen LogP contribution < -0.4 is 5.73 Å². The molecule has 0 bridgehead atoms. The van der Waals surface area contributed by atoms with Gasteiger partial charge in [0.25, 0.3) is 0 Å². The van der Waals surface area contributed by atoms with Crippen LogP contribution in [-0.2, 0) is 26.6 Å². The third-order valence-corrected chi connectivity index (χ3v) is 10.8. The number of nitrogens with two attached hydrogens (primary N) is 1. The summed E-state index contributed by atoms with van der Waals surface area (Å²) in [5, 5.41) is 0. The smallest absolute Gasteiger partial charge is 0.376 e. The van der Waals surface area contributed by atoms with Crippen molar-refractivity contribution in [2.75, 3.05) is 42.7 Å². The van der Waals surface area contributed by atoms with Gasteiger partial charge in [0.1, 0.15) is 11.3 Å². The molecule has 2 unspecified atom stereocenters. The van der Waals surface area contributed by atoms with E-state index in [1.807, 2.05) is 13.8 Å². The highest BCUT2D eigenvalue weighted by Crippen LogP contribution is 2.30. The van der Waals surface area contributed by atoms with E-state index in [1.54, 1.807) is 4.90 Å². The SMILES string of the molecule is CCCC(N(C(N)=O)C(CCC)[Si](OC)(OC)OC)[Si](OC)(OC)OC. The van der Waals surface area contributed by atoms with E-state index >= 15 is 0 Å². The van der Waals surface area contributed by atoms with Gasteiger partial charge < -0.3 is 37.2 Å². The van der Waals surface area contributed by atoms with Crippen molar-refractivity contribution in [1.29, 1.82) is 0 Å². The van der Waals surface area contributed by atoms with E-state index in [4.69, 9.17) is 32.3 Å². The van der Waals surface area contributed by atoms with Crippen molar-refractivity contribution in [3.8, 4) is 0 Å². The second-order valence-electron chi connectivity index (χ2n) is 5.79. The average Bonchev–Trinajstić information content (AvgIpc) is 2.65. The van der Waals surface area contributed by atoms with Crippen LogP contribution in [0, 0.1) is 0 Å². The number of hydrogen-bond acceptors (Lipinski definition) is 7. The molecule has 0 saturated heterocycles. The third-order valence-electron chi connectivity index (χ3n) is 4.57. The quantitative estimate of drug-likeness (QED) is 0.432. The van der Waals surface area contributed by atoms with Crippen molar-refractivity contribution in [2.45, 2.75) is 50.9 Å². The van der Waals surface area contributed by atoms with E-state index in [0.29, 0.717) is 12.8 Å². The van der Waals surface area contributed by atoms with Crippen molar-refractivity contribution in [2.24, 2.45) is 5.73 Å². The minimum absolute atomic E-state index is 0.492. The predicted molar refractivity (Wildman–Crippen MR) is 102 cm³/mol. The van der Waals surface area contributed by atoms with Crippen molar-refractivity contribution in [3.05, 3.63) is 0 Å². The molecule has 2 amide bonds. The number of carbonyl (C=O) groups is 1. The van der Waals surface area contributed by atoms with Crippen molar-refractivity contribution < 1.29 is 31.4 Å². The summed E-state index contributed by atoms with van der Waals surface area (Å²) in [7, 11) is 2.66. The topological polar surface area (TPSA) is 102 Å². The Bertz CT molecular complexity index is 363. The molecule has 2 N–H and O–H groups in total. The zero-order valence-corrected chi connectivity index (χ0v) is 19.4. The van der Waals surface area contributed by atoms with Crippen LogP contribution in [0.4, 0.5) is 4.79 Å². The molecule has 0 aliphatic carbocycles. The first-order valence-corrected chi connectivity index (χ1v) is 12.3. The third kappa shape index (κ3) is 5.26. The highest BCUT2D eigenvalue weighted by atomic mass is 28.4. The first kappa shape index (κ1) is 25.5. The summed E-state index contributed by atoms with van der Waals surface area (Å²) in [5.41, 5.74) is 4.84. The summed E-state index contributed by atoms with van der Waals surface area (Å²) in [6.07, 6.45) is 2.73. The molecule has 11 heteroatoms. The number of primary amides is 1. The minimum Gasteiger partial charge on any atom is -0.376 e. The van der Waals surface area contributed by atoms with E-state index < -0.39 is 35.0 Å². The molecule has 0 fully saturated rings. The van der Waals surface area contributed by atoms with E-state index in [-0.39, 0.29) is 0 Å². The number of carbonyl (C=O) groups excluding carboxylic acids is 1. The molecule has 0 spiro atoms. The molecule has 0 aromatic rings. The molecule has 2 atom stereocenters.